The number of benzene rings is 1. The number of hydrogen-bond acceptors (Lipinski definition) is 5. The average molecular weight is 323 g/mol. The van der Waals surface area contributed by atoms with Gasteiger partial charge in [0, 0.05) is 29.9 Å². The van der Waals surface area contributed by atoms with E-state index in [-0.39, 0.29) is 16.7 Å². The molecule has 1 amide bonds. The normalized spacial score (nSPS) is 12.4. The Morgan fingerprint density at radius 2 is 2.04 bits per heavy atom. The number of nitro groups is 1. The number of nitrogens with one attached hydrogen (secondary N) is 2. The van der Waals surface area contributed by atoms with Crippen molar-refractivity contribution in [3.63, 3.8) is 0 Å². The Balaban J connectivity index is 2.61. The van der Waals surface area contributed by atoms with E-state index in [1.165, 1.54) is 6.07 Å². The zero-order chi connectivity index (χ0) is 17.6. The van der Waals surface area contributed by atoms with E-state index in [0.29, 0.717) is 24.2 Å². The first-order valence-corrected chi connectivity index (χ1v) is 7.63. The molecule has 1 atom stereocenters. The molecule has 0 saturated carbocycles. The van der Waals surface area contributed by atoms with Crippen LogP contribution in [0, 0.1) is 10.1 Å². The van der Waals surface area contributed by atoms with E-state index in [0.717, 1.165) is 0 Å². The monoisotopic (exact) mass is 323 g/mol. The van der Waals surface area contributed by atoms with Crippen LogP contribution in [0.15, 0.2) is 18.2 Å². The Morgan fingerprint density at radius 3 is 2.57 bits per heavy atom. The highest BCUT2D eigenvalue weighted by Gasteiger charge is 2.17. The van der Waals surface area contributed by atoms with Gasteiger partial charge in [-0.3, -0.25) is 10.1 Å². The van der Waals surface area contributed by atoms with Crippen molar-refractivity contribution in [3.8, 4) is 0 Å². The predicted molar refractivity (Wildman–Crippen MR) is 89.8 cm³/mol. The summed E-state index contributed by atoms with van der Waals surface area (Å²) < 4.78 is 5.15. The summed E-state index contributed by atoms with van der Waals surface area (Å²) in [5, 5.41) is 16.9. The van der Waals surface area contributed by atoms with Crippen LogP contribution in [0.1, 0.15) is 40.2 Å². The molecule has 0 aliphatic rings. The fourth-order valence-electron chi connectivity index (χ4n) is 2.01. The number of anilines is 1. The van der Waals surface area contributed by atoms with Gasteiger partial charge in [0.05, 0.1) is 4.92 Å². The van der Waals surface area contributed by atoms with Gasteiger partial charge in [-0.1, -0.05) is 13.0 Å². The van der Waals surface area contributed by atoms with E-state index in [1.807, 2.05) is 13.8 Å². The molecule has 0 bridgehead atoms. The van der Waals surface area contributed by atoms with Gasteiger partial charge in [-0.15, -0.1) is 0 Å². The first-order chi connectivity index (χ1) is 10.6. The molecular formula is C16H25N3O4. The van der Waals surface area contributed by atoms with Crippen LogP contribution >= 0.6 is 0 Å². The number of nitro benzene ring substituents is 1. The van der Waals surface area contributed by atoms with E-state index in [1.54, 1.807) is 32.9 Å². The molecule has 0 aliphatic heterocycles. The minimum Gasteiger partial charge on any atom is -0.444 e. The molecule has 0 fully saturated rings. The van der Waals surface area contributed by atoms with Crippen LogP contribution in [-0.4, -0.2) is 29.2 Å². The minimum absolute atomic E-state index is 0.102. The topological polar surface area (TPSA) is 93.5 Å². The molecule has 1 rings (SSSR count). The highest BCUT2D eigenvalue weighted by Crippen LogP contribution is 2.24. The van der Waals surface area contributed by atoms with E-state index in [9.17, 15) is 14.9 Å². The number of nitrogens with zero attached hydrogens (tertiary/aromatic N) is 1. The van der Waals surface area contributed by atoms with Gasteiger partial charge in [-0.05, 0) is 40.2 Å². The van der Waals surface area contributed by atoms with Crippen LogP contribution in [0.2, 0.25) is 0 Å². The molecule has 128 valence electrons. The zero-order valence-corrected chi connectivity index (χ0v) is 14.3. The first kappa shape index (κ1) is 18.7. The number of ether oxygens (including phenoxy) is 1. The summed E-state index contributed by atoms with van der Waals surface area (Å²) in [5.41, 5.74) is 0.898. The Morgan fingerprint density at radius 1 is 1.39 bits per heavy atom. The number of alkyl carbamates (subject to hydrolysis) is 1. The third kappa shape index (κ3) is 6.54. The average Bonchev–Trinajstić information content (AvgIpc) is 2.43. The maximum atomic E-state index is 11.6. The smallest absolute Gasteiger partial charge is 0.407 e. The zero-order valence-electron chi connectivity index (χ0n) is 14.3. The number of rotatable bonds is 6. The molecule has 1 aromatic rings. The second-order valence-electron chi connectivity index (χ2n) is 6.38. The number of hydrogen-bond donors (Lipinski definition) is 2. The van der Waals surface area contributed by atoms with Gasteiger partial charge in [0.2, 0.25) is 0 Å². The van der Waals surface area contributed by atoms with Crippen molar-refractivity contribution >= 4 is 17.5 Å². The van der Waals surface area contributed by atoms with Crippen LogP contribution in [0.5, 0.6) is 0 Å². The Labute approximate surface area is 136 Å². The molecule has 0 spiro atoms. The maximum absolute atomic E-state index is 11.6. The fourth-order valence-corrected chi connectivity index (χ4v) is 2.01. The van der Waals surface area contributed by atoms with Crippen molar-refractivity contribution in [2.24, 2.45) is 0 Å². The lowest BCUT2D eigenvalue weighted by molar-refractivity contribution is -0.385. The van der Waals surface area contributed by atoms with Crippen LogP contribution in [0.25, 0.3) is 0 Å². The molecule has 0 saturated heterocycles. The molecule has 0 heterocycles. The number of aryl methyl sites for hydroxylation is 1. The van der Waals surface area contributed by atoms with Gasteiger partial charge in [0.15, 0.2) is 0 Å². The van der Waals surface area contributed by atoms with Crippen molar-refractivity contribution in [3.05, 3.63) is 33.9 Å². The summed E-state index contributed by atoms with van der Waals surface area (Å²) in [6.45, 7) is 9.48. The minimum atomic E-state index is -0.544. The van der Waals surface area contributed by atoms with Crippen LogP contribution < -0.4 is 10.6 Å². The third-order valence-electron chi connectivity index (χ3n) is 3.03. The molecule has 7 heteroatoms. The van der Waals surface area contributed by atoms with Gasteiger partial charge >= 0.3 is 6.09 Å². The number of amides is 1. The first-order valence-electron chi connectivity index (χ1n) is 7.63. The molecule has 1 aromatic carbocycles. The van der Waals surface area contributed by atoms with Gasteiger partial charge in [-0.25, -0.2) is 4.79 Å². The second-order valence-corrected chi connectivity index (χ2v) is 6.38. The number of carbonyl (C=O) groups excluding carboxylic acids is 1. The summed E-state index contributed by atoms with van der Waals surface area (Å²) in [6, 6.07) is 4.96. The lowest BCUT2D eigenvalue weighted by Crippen LogP contribution is -2.38. The molecule has 0 aromatic heterocycles. The molecule has 2 N–H and O–H groups in total. The second kappa shape index (κ2) is 7.80. The van der Waals surface area contributed by atoms with Crippen molar-refractivity contribution in [2.75, 3.05) is 11.9 Å². The maximum Gasteiger partial charge on any atom is 0.407 e. The lowest BCUT2D eigenvalue weighted by atomic mass is 10.1. The molecule has 1 unspecified atom stereocenters. The number of carbonyl (C=O) groups is 1. The third-order valence-corrected chi connectivity index (χ3v) is 3.03. The molecule has 7 nitrogen and oxygen atoms in total. The summed E-state index contributed by atoms with van der Waals surface area (Å²) in [4.78, 5) is 22.3. The van der Waals surface area contributed by atoms with E-state index in [2.05, 4.69) is 10.6 Å². The van der Waals surface area contributed by atoms with E-state index in [4.69, 9.17) is 4.74 Å². The van der Waals surface area contributed by atoms with Crippen LogP contribution in [0.4, 0.5) is 16.2 Å². The van der Waals surface area contributed by atoms with Crippen LogP contribution in [0.3, 0.4) is 0 Å². The van der Waals surface area contributed by atoms with Gasteiger partial charge in [0.25, 0.3) is 5.69 Å². The quantitative estimate of drug-likeness (QED) is 0.617. The predicted octanol–water partition coefficient (Wildman–Crippen LogP) is 3.48. The van der Waals surface area contributed by atoms with Gasteiger partial charge < -0.3 is 15.4 Å². The molecule has 0 radical (unpaired) electrons. The van der Waals surface area contributed by atoms with E-state index < -0.39 is 11.7 Å². The summed E-state index contributed by atoms with van der Waals surface area (Å²) in [5.74, 6) is 0. The molecule has 0 aliphatic carbocycles. The van der Waals surface area contributed by atoms with Gasteiger partial charge in [0.1, 0.15) is 5.60 Å². The van der Waals surface area contributed by atoms with Crippen LogP contribution in [-0.2, 0) is 11.2 Å². The molecular weight excluding hydrogens is 298 g/mol. The Bertz CT molecular complexity index is 567. The fraction of sp³-hybridized carbons (Fsp3) is 0.562. The van der Waals surface area contributed by atoms with Crippen molar-refractivity contribution in [2.45, 2.75) is 52.7 Å². The summed E-state index contributed by atoms with van der Waals surface area (Å²) >= 11 is 0. The highest BCUT2D eigenvalue weighted by atomic mass is 16.6. The SMILES string of the molecule is CCc1ccc(NC(C)CNC(=O)OC(C)(C)C)cc1[N+](=O)[O-]. The lowest BCUT2D eigenvalue weighted by Gasteiger charge is -2.21. The van der Waals surface area contributed by atoms with Crippen molar-refractivity contribution < 1.29 is 14.5 Å². The Kier molecular flexibility index (Phi) is 6.36. The molecule has 23 heavy (non-hydrogen) atoms. The summed E-state index contributed by atoms with van der Waals surface area (Å²) in [7, 11) is 0. The largest absolute Gasteiger partial charge is 0.444 e. The highest BCUT2D eigenvalue weighted by molar-refractivity contribution is 5.67. The van der Waals surface area contributed by atoms with Crippen molar-refractivity contribution in [1.82, 2.24) is 5.32 Å². The van der Waals surface area contributed by atoms with Crippen molar-refractivity contribution in [1.29, 1.82) is 0 Å². The van der Waals surface area contributed by atoms with Gasteiger partial charge in [-0.2, -0.15) is 0 Å². The Hall–Kier alpha value is -2.31. The standard InChI is InChI=1S/C16H25N3O4/c1-6-12-7-8-13(9-14(12)19(21)22)18-11(2)10-17-15(20)23-16(3,4)5/h7-9,11,18H,6,10H2,1-5H3,(H,17,20). The summed E-state index contributed by atoms with van der Waals surface area (Å²) in [6.07, 6.45) is 0.116. The van der Waals surface area contributed by atoms with E-state index >= 15 is 0 Å².